The van der Waals surface area contributed by atoms with Gasteiger partial charge in [0.1, 0.15) is 5.82 Å². The zero-order valence-electron chi connectivity index (χ0n) is 11.2. The van der Waals surface area contributed by atoms with Gasteiger partial charge in [-0.15, -0.1) is 0 Å². The van der Waals surface area contributed by atoms with Gasteiger partial charge in [0, 0.05) is 6.54 Å². The maximum Gasteiger partial charge on any atom is 0.240 e. The molecule has 1 aliphatic heterocycles. The van der Waals surface area contributed by atoms with Gasteiger partial charge in [-0.25, -0.2) is 4.39 Å². The van der Waals surface area contributed by atoms with Crippen LogP contribution in [0.1, 0.15) is 31.4 Å². The first kappa shape index (κ1) is 15.2. The standard InChI is InChI=1S/C14H18ClFN2O2/c1-14(5-2-6-18-14)13(20)17-8-12(19)9-3-4-10(15)11(16)7-9/h3-4,7,12,18-19H,2,5-6,8H2,1H3,(H,17,20). The highest BCUT2D eigenvalue weighted by Crippen LogP contribution is 2.21. The van der Waals surface area contributed by atoms with E-state index in [1.165, 1.54) is 18.2 Å². The molecule has 0 saturated carbocycles. The lowest BCUT2D eigenvalue weighted by Gasteiger charge is -2.24. The molecule has 0 radical (unpaired) electrons. The van der Waals surface area contributed by atoms with Crippen LogP contribution in [-0.2, 0) is 4.79 Å². The number of halogens is 2. The molecule has 3 N–H and O–H groups in total. The fourth-order valence-electron chi connectivity index (χ4n) is 2.31. The summed E-state index contributed by atoms with van der Waals surface area (Å²) in [6.45, 7) is 2.69. The highest BCUT2D eigenvalue weighted by atomic mass is 35.5. The monoisotopic (exact) mass is 300 g/mol. The first-order valence-electron chi connectivity index (χ1n) is 6.59. The third-order valence-electron chi connectivity index (χ3n) is 3.65. The van der Waals surface area contributed by atoms with Crippen LogP contribution in [0.2, 0.25) is 5.02 Å². The van der Waals surface area contributed by atoms with Gasteiger partial charge in [0.2, 0.25) is 5.91 Å². The van der Waals surface area contributed by atoms with Crippen LogP contribution in [0.3, 0.4) is 0 Å². The smallest absolute Gasteiger partial charge is 0.240 e. The van der Waals surface area contributed by atoms with Gasteiger partial charge < -0.3 is 15.7 Å². The Morgan fingerprint density at radius 3 is 3.00 bits per heavy atom. The van der Waals surface area contributed by atoms with Crippen LogP contribution in [0.4, 0.5) is 4.39 Å². The van der Waals surface area contributed by atoms with Crippen molar-refractivity contribution in [3.63, 3.8) is 0 Å². The van der Waals surface area contributed by atoms with E-state index in [9.17, 15) is 14.3 Å². The van der Waals surface area contributed by atoms with Crippen LogP contribution < -0.4 is 10.6 Å². The third-order valence-corrected chi connectivity index (χ3v) is 3.96. The fraction of sp³-hybridized carbons (Fsp3) is 0.500. The summed E-state index contributed by atoms with van der Waals surface area (Å²) in [5.41, 5.74) is -0.193. The van der Waals surface area contributed by atoms with Gasteiger partial charge in [-0.1, -0.05) is 17.7 Å². The molecule has 20 heavy (non-hydrogen) atoms. The summed E-state index contributed by atoms with van der Waals surface area (Å²) in [6, 6.07) is 4.10. The quantitative estimate of drug-likeness (QED) is 0.794. The largest absolute Gasteiger partial charge is 0.387 e. The minimum atomic E-state index is -0.962. The highest BCUT2D eigenvalue weighted by molar-refractivity contribution is 6.30. The van der Waals surface area contributed by atoms with Crippen molar-refractivity contribution in [2.75, 3.05) is 13.1 Å². The Morgan fingerprint density at radius 1 is 1.65 bits per heavy atom. The Morgan fingerprint density at radius 2 is 2.40 bits per heavy atom. The van der Waals surface area contributed by atoms with Gasteiger partial charge in [0.25, 0.3) is 0 Å². The topological polar surface area (TPSA) is 61.4 Å². The zero-order chi connectivity index (χ0) is 14.8. The van der Waals surface area contributed by atoms with Gasteiger partial charge in [-0.05, 0) is 44.0 Å². The Labute approximate surface area is 122 Å². The highest BCUT2D eigenvalue weighted by Gasteiger charge is 2.35. The first-order valence-corrected chi connectivity index (χ1v) is 6.96. The summed E-state index contributed by atoms with van der Waals surface area (Å²) in [6.07, 6.45) is 0.759. The van der Waals surface area contributed by atoms with Gasteiger partial charge in [-0.3, -0.25) is 4.79 Å². The minimum absolute atomic E-state index is 0.00709. The van der Waals surface area contributed by atoms with Crippen LogP contribution in [0.15, 0.2) is 18.2 Å². The molecular formula is C14H18ClFN2O2. The van der Waals surface area contributed by atoms with E-state index in [4.69, 9.17) is 11.6 Å². The fourth-order valence-corrected chi connectivity index (χ4v) is 2.43. The van der Waals surface area contributed by atoms with E-state index < -0.39 is 17.5 Å². The summed E-state index contributed by atoms with van der Waals surface area (Å²) < 4.78 is 13.3. The second-order valence-corrected chi connectivity index (χ2v) is 5.67. The molecule has 1 aromatic rings. The number of carbonyl (C=O) groups excluding carboxylic acids is 1. The summed E-state index contributed by atoms with van der Waals surface area (Å²) in [4.78, 5) is 12.0. The van der Waals surface area contributed by atoms with Gasteiger partial charge in [0.15, 0.2) is 0 Å². The van der Waals surface area contributed by atoms with E-state index in [2.05, 4.69) is 10.6 Å². The summed E-state index contributed by atoms with van der Waals surface area (Å²) in [5.74, 6) is -0.734. The molecule has 1 aliphatic rings. The van der Waals surface area contributed by atoms with E-state index in [1.54, 1.807) is 0 Å². The van der Waals surface area contributed by atoms with Crippen molar-refractivity contribution in [3.8, 4) is 0 Å². The van der Waals surface area contributed by atoms with Crippen molar-refractivity contribution in [3.05, 3.63) is 34.6 Å². The van der Waals surface area contributed by atoms with Crippen molar-refractivity contribution >= 4 is 17.5 Å². The molecule has 0 aliphatic carbocycles. The average Bonchev–Trinajstić information content (AvgIpc) is 2.87. The number of nitrogens with one attached hydrogen (secondary N) is 2. The number of hydrogen-bond acceptors (Lipinski definition) is 3. The third kappa shape index (κ3) is 3.29. The normalized spacial score (nSPS) is 23.6. The Bertz CT molecular complexity index is 504. The van der Waals surface area contributed by atoms with E-state index >= 15 is 0 Å². The van der Waals surface area contributed by atoms with Crippen LogP contribution in [-0.4, -0.2) is 29.6 Å². The van der Waals surface area contributed by atoms with Crippen molar-refractivity contribution in [2.24, 2.45) is 0 Å². The summed E-state index contributed by atoms with van der Waals surface area (Å²) in [7, 11) is 0. The minimum Gasteiger partial charge on any atom is -0.387 e. The maximum atomic E-state index is 13.3. The Balaban J connectivity index is 1.93. The lowest BCUT2D eigenvalue weighted by molar-refractivity contribution is -0.127. The number of rotatable bonds is 4. The SMILES string of the molecule is CC1(C(=O)NCC(O)c2ccc(Cl)c(F)c2)CCCN1. The van der Waals surface area contributed by atoms with Crippen LogP contribution in [0.25, 0.3) is 0 Å². The Hall–Kier alpha value is -1.17. The van der Waals surface area contributed by atoms with E-state index in [0.717, 1.165) is 19.4 Å². The molecule has 2 atom stereocenters. The number of carbonyl (C=O) groups is 1. The molecular weight excluding hydrogens is 283 g/mol. The molecule has 0 aromatic heterocycles. The predicted molar refractivity (Wildman–Crippen MR) is 75.0 cm³/mol. The second-order valence-electron chi connectivity index (χ2n) is 5.26. The average molecular weight is 301 g/mol. The number of benzene rings is 1. The molecule has 0 bridgehead atoms. The van der Waals surface area contributed by atoms with Crippen LogP contribution in [0.5, 0.6) is 0 Å². The number of aliphatic hydroxyl groups is 1. The van der Waals surface area contributed by atoms with Crippen LogP contribution >= 0.6 is 11.6 Å². The molecule has 1 saturated heterocycles. The van der Waals surface area contributed by atoms with E-state index in [0.29, 0.717) is 5.56 Å². The molecule has 6 heteroatoms. The molecule has 1 aromatic carbocycles. The molecule has 110 valence electrons. The van der Waals surface area contributed by atoms with E-state index in [1.807, 2.05) is 6.92 Å². The van der Waals surface area contributed by atoms with Crippen molar-refractivity contribution in [1.29, 1.82) is 0 Å². The number of amides is 1. The molecule has 4 nitrogen and oxygen atoms in total. The molecule has 1 heterocycles. The zero-order valence-corrected chi connectivity index (χ0v) is 12.0. The van der Waals surface area contributed by atoms with Crippen molar-refractivity contribution < 1.29 is 14.3 Å². The maximum absolute atomic E-state index is 13.3. The number of hydrogen-bond donors (Lipinski definition) is 3. The van der Waals surface area contributed by atoms with Gasteiger partial charge in [0.05, 0.1) is 16.7 Å². The predicted octanol–water partition coefficient (Wildman–Crippen LogP) is 1.77. The van der Waals surface area contributed by atoms with E-state index in [-0.39, 0.29) is 17.5 Å². The molecule has 2 unspecified atom stereocenters. The molecule has 2 rings (SSSR count). The van der Waals surface area contributed by atoms with Crippen molar-refractivity contribution in [2.45, 2.75) is 31.4 Å². The Kier molecular flexibility index (Phi) is 4.62. The summed E-state index contributed by atoms with van der Waals surface area (Å²) >= 11 is 5.58. The lowest BCUT2D eigenvalue weighted by Crippen LogP contribution is -2.51. The lowest BCUT2D eigenvalue weighted by atomic mass is 9.99. The second kappa shape index (κ2) is 6.08. The van der Waals surface area contributed by atoms with Gasteiger partial charge >= 0.3 is 0 Å². The molecule has 1 amide bonds. The van der Waals surface area contributed by atoms with Crippen LogP contribution in [0, 0.1) is 5.82 Å². The number of aliphatic hydroxyl groups excluding tert-OH is 1. The first-order chi connectivity index (χ1) is 9.42. The molecule has 1 fully saturated rings. The summed E-state index contributed by atoms with van der Waals surface area (Å²) in [5, 5.41) is 15.8. The van der Waals surface area contributed by atoms with Gasteiger partial charge in [-0.2, -0.15) is 0 Å². The van der Waals surface area contributed by atoms with Crippen molar-refractivity contribution in [1.82, 2.24) is 10.6 Å². The molecule has 0 spiro atoms.